The number of anilines is 1. The average Bonchev–Trinajstić information content (AvgIpc) is 2.38. The Kier molecular flexibility index (Phi) is 5.77. The normalized spacial score (nSPS) is 12.6. The Morgan fingerprint density at radius 1 is 1.14 bits per heavy atom. The zero-order valence-electron chi connectivity index (χ0n) is 12.8. The highest BCUT2D eigenvalue weighted by atomic mass is 32.2. The molecule has 0 unspecified atom stereocenters. The summed E-state index contributed by atoms with van der Waals surface area (Å²) in [5, 5.41) is 2.96. The van der Waals surface area contributed by atoms with Gasteiger partial charge in [0.1, 0.15) is 4.90 Å². The Hall–Kier alpha value is -1.12. The molecule has 21 heavy (non-hydrogen) atoms. The number of rotatable bonds is 7. The second kappa shape index (κ2) is 6.76. The fourth-order valence-corrected chi connectivity index (χ4v) is 4.06. The monoisotopic (exact) mass is 334 g/mol. The predicted molar refractivity (Wildman–Crippen MR) is 83.8 cm³/mol. The molecule has 1 N–H and O–H groups in total. The molecule has 0 bridgehead atoms. The minimum Gasteiger partial charge on any atom is -0.384 e. The molecule has 0 aliphatic heterocycles. The third kappa shape index (κ3) is 4.18. The van der Waals surface area contributed by atoms with Gasteiger partial charge in [-0.15, -0.1) is 0 Å². The fourth-order valence-electron chi connectivity index (χ4n) is 1.89. The summed E-state index contributed by atoms with van der Waals surface area (Å²) in [5.74, 6) is 0. The Bertz CT molecular complexity index is 697. The maximum Gasteiger partial charge on any atom is 0.244 e. The molecule has 0 saturated carbocycles. The third-order valence-electron chi connectivity index (χ3n) is 2.98. The summed E-state index contributed by atoms with van der Waals surface area (Å²) < 4.78 is 49.7. The second-order valence-corrected chi connectivity index (χ2v) is 8.82. The first-order chi connectivity index (χ1) is 9.64. The van der Waals surface area contributed by atoms with Crippen molar-refractivity contribution in [1.29, 1.82) is 0 Å². The molecule has 0 heterocycles. The first-order valence-corrected chi connectivity index (χ1v) is 10.0. The highest BCUT2D eigenvalue weighted by Gasteiger charge is 2.25. The Labute approximate surface area is 127 Å². The molecule has 0 radical (unpaired) electrons. The van der Waals surface area contributed by atoms with E-state index in [1.807, 2.05) is 13.8 Å². The van der Waals surface area contributed by atoms with Crippen LogP contribution in [0.15, 0.2) is 28.0 Å². The van der Waals surface area contributed by atoms with E-state index in [0.29, 0.717) is 25.2 Å². The van der Waals surface area contributed by atoms with Crippen LogP contribution in [0.2, 0.25) is 0 Å². The van der Waals surface area contributed by atoms with Gasteiger partial charge in [0, 0.05) is 26.4 Å². The van der Waals surface area contributed by atoms with Crippen LogP contribution in [-0.2, 0) is 19.9 Å². The van der Waals surface area contributed by atoms with Gasteiger partial charge in [-0.05, 0) is 31.5 Å². The maximum absolute atomic E-state index is 12.6. The van der Waals surface area contributed by atoms with Crippen LogP contribution in [0.25, 0.3) is 0 Å². The molecule has 1 aromatic carbocycles. The van der Waals surface area contributed by atoms with E-state index in [-0.39, 0.29) is 9.79 Å². The van der Waals surface area contributed by atoms with Gasteiger partial charge in [-0.2, -0.15) is 0 Å². The minimum atomic E-state index is -3.73. The van der Waals surface area contributed by atoms with Crippen molar-refractivity contribution in [2.75, 3.05) is 31.7 Å². The molecule has 8 heteroatoms. The lowest BCUT2D eigenvalue weighted by Crippen LogP contribution is -2.28. The average molecular weight is 334 g/mol. The molecule has 0 aliphatic carbocycles. The van der Waals surface area contributed by atoms with E-state index in [1.54, 1.807) is 0 Å². The van der Waals surface area contributed by atoms with E-state index in [9.17, 15) is 16.8 Å². The molecule has 1 aromatic rings. The van der Waals surface area contributed by atoms with Gasteiger partial charge in [0.25, 0.3) is 0 Å². The minimum absolute atomic E-state index is 0.00683. The van der Waals surface area contributed by atoms with Crippen LogP contribution in [0.4, 0.5) is 5.69 Å². The van der Waals surface area contributed by atoms with Gasteiger partial charge in [-0.3, -0.25) is 0 Å². The van der Waals surface area contributed by atoms with E-state index in [0.717, 1.165) is 6.26 Å². The van der Waals surface area contributed by atoms with E-state index in [1.165, 1.54) is 29.6 Å². The number of hydrogen-bond donors (Lipinski definition) is 1. The number of nitrogens with one attached hydrogen (secondary N) is 1. The van der Waals surface area contributed by atoms with Gasteiger partial charge >= 0.3 is 0 Å². The lowest BCUT2D eigenvalue weighted by atomic mass is 10.3. The largest absolute Gasteiger partial charge is 0.384 e. The molecular weight excluding hydrogens is 312 g/mol. The van der Waals surface area contributed by atoms with E-state index < -0.39 is 19.9 Å². The van der Waals surface area contributed by atoms with Crippen LogP contribution >= 0.6 is 0 Å². The van der Waals surface area contributed by atoms with Crippen molar-refractivity contribution in [1.82, 2.24) is 4.31 Å². The molecule has 1 rings (SSSR count). The van der Waals surface area contributed by atoms with Crippen LogP contribution in [-0.4, -0.2) is 47.5 Å². The van der Waals surface area contributed by atoms with Crippen molar-refractivity contribution in [3.05, 3.63) is 18.2 Å². The molecule has 0 saturated heterocycles. The fraction of sp³-hybridized carbons (Fsp3) is 0.538. The summed E-state index contributed by atoms with van der Waals surface area (Å²) in [7, 11) is -5.71. The summed E-state index contributed by atoms with van der Waals surface area (Å²) in [5.41, 5.74) is 0.410. The van der Waals surface area contributed by atoms with Gasteiger partial charge in [-0.25, -0.2) is 21.1 Å². The van der Waals surface area contributed by atoms with Crippen molar-refractivity contribution in [3.8, 4) is 0 Å². The lowest BCUT2D eigenvalue weighted by molar-refractivity contribution is 0.468. The summed E-state index contributed by atoms with van der Waals surface area (Å²) >= 11 is 0. The highest BCUT2D eigenvalue weighted by molar-refractivity contribution is 7.91. The molecule has 0 spiro atoms. The van der Waals surface area contributed by atoms with Gasteiger partial charge in [0.15, 0.2) is 9.84 Å². The van der Waals surface area contributed by atoms with Crippen molar-refractivity contribution in [2.45, 2.75) is 30.1 Å². The zero-order valence-corrected chi connectivity index (χ0v) is 14.4. The van der Waals surface area contributed by atoms with Gasteiger partial charge in [0.2, 0.25) is 10.0 Å². The zero-order chi connectivity index (χ0) is 16.3. The maximum atomic E-state index is 12.6. The lowest BCUT2D eigenvalue weighted by Gasteiger charge is -2.19. The van der Waals surface area contributed by atoms with Crippen LogP contribution in [0.1, 0.15) is 20.3 Å². The topological polar surface area (TPSA) is 83.6 Å². The summed E-state index contributed by atoms with van der Waals surface area (Å²) in [4.78, 5) is -0.0177. The summed E-state index contributed by atoms with van der Waals surface area (Å²) in [6.45, 7) is 4.63. The second-order valence-electron chi connectivity index (χ2n) is 4.79. The molecule has 120 valence electrons. The number of nitrogens with zero attached hydrogens (tertiary/aromatic N) is 1. The SMILES string of the molecule is CCCN(C)S(=O)(=O)c1cc(S(C)(=O)=O)ccc1NCC. The molecule has 0 aliphatic rings. The Morgan fingerprint density at radius 2 is 1.76 bits per heavy atom. The van der Waals surface area contributed by atoms with Crippen LogP contribution in [0.5, 0.6) is 0 Å². The van der Waals surface area contributed by atoms with Crippen LogP contribution in [0, 0.1) is 0 Å². The number of sulfonamides is 1. The Morgan fingerprint density at radius 3 is 2.24 bits per heavy atom. The third-order valence-corrected chi connectivity index (χ3v) is 5.98. The number of benzene rings is 1. The molecule has 0 amide bonds. The van der Waals surface area contributed by atoms with E-state index in [4.69, 9.17) is 0 Å². The first kappa shape index (κ1) is 17.9. The molecule has 0 fully saturated rings. The highest BCUT2D eigenvalue weighted by Crippen LogP contribution is 2.27. The molecule has 0 aromatic heterocycles. The molecule has 6 nitrogen and oxygen atoms in total. The van der Waals surface area contributed by atoms with Crippen LogP contribution < -0.4 is 5.32 Å². The van der Waals surface area contributed by atoms with Gasteiger partial charge in [-0.1, -0.05) is 6.92 Å². The van der Waals surface area contributed by atoms with Gasteiger partial charge < -0.3 is 5.32 Å². The standard InChI is InChI=1S/C13H22N2O4S2/c1-5-9-15(3)21(18,19)13-10-11(20(4,16)17)7-8-12(13)14-6-2/h7-8,10,14H,5-6,9H2,1-4H3. The number of sulfone groups is 1. The summed E-state index contributed by atoms with van der Waals surface area (Å²) in [6, 6.07) is 4.12. The Balaban J connectivity index is 3.50. The first-order valence-electron chi connectivity index (χ1n) is 6.68. The predicted octanol–water partition coefficient (Wildman–Crippen LogP) is 1.55. The molecular formula is C13H22N2O4S2. The van der Waals surface area contributed by atoms with Crippen molar-refractivity contribution in [3.63, 3.8) is 0 Å². The van der Waals surface area contributed by atoms with E-state index >= 15 is 0 Å². The van der Waals surface area contributed by atoms with E-state index in [2.05, 4.69) is 5.32 Å². The summed E-state index contributed by atoms with van der Waals surface area (Å²) in [6.07, 6.45) is 1.74. The van der Waals surface area contributed by atoms with Crippen molar-refractivity contribution in [2.24, 2.45) is 0 Å². The quantitative estimate of drug-likeness (QED) is 0.818. The van der Waals surface area contributed by atoms with Crippen LogP contribution in [0.3, 0.4) is 0 Å². The van der Waals surface area contributed by atoms with Gasteiger partial charge in [0.05, 0.1) is 10.6 Å². The smallest absolute Gasteiger partial charge is 0.244 e. The molecule has 0 atom stereocenters. The van der Waals surface area contributed by atoms with Crippen molar-refractivity contribution < 1.29 is 16.8 Å². The number of hydrogen-bond acceptors (Lipinski definition) is 5. The van der Waals surface area contributed by atoms with Crippen molar-refractivity contribution >= 4 is 25.5 Å².